The average Bonchev–Trinajstić information content (AvgIpc) is 2.71. The molecule has 0 saturated carbocycles. The molecule has 0 aliphatic carbocycles. The van der Waals surface area contributed by atoms with E-state index in [0.29, 0.717) is 19.5 Å². The second kappa shape index (κ2) is 12.5. The topological polar surface area (TPSA) is 68.2 Å². The Kier molecular flexibility index (Phi) is 11.2. The fourth-order valence-corrected chi connectivity index (χ4v) is 3.94. The zero-order chi connectivity index (χ0) is 20.6. The van der Waals surface area contributed by atoms with E-state index in [1.807, 2.05) is 19.1 Å². The van der Waals surface area contributed by atoms with Crippen LogP contribution < -0.4 is 10.2 Å². The molecule has 1 aliphatic heterocycles. The molecule has 166 valence electrons. The Morgan fingerprint density at radius 1 is 1.17 bits per heavy atom. The van der Waals surface area contributed by atoms with E-state index in [4.69, 9.17) is 0 Å². The van der Waals surface area contributed by atoms with E-state index in [2.05, 4.69) is 20.1 Å². The summed E-state index contributed by atoms with van der Waals surface area (Å²) < 4.78 is 38.1. The first kappa shape index (κ1) is 25.9. The molecule has 1 N–H and O–H groups in total. The number of anilines is 1. The van der Waals surface area contributed by atoms with Crippen LogP contribution in [0.2, 0.25) is 0 Å². The number of hydrogen-bond acceptors (Lipinski definition) is 4. The van der Waals surface area contributed by atoms with E-state index in [-0.39, 0.29) is 35.5 Å². The number of piperazine rings is 1. The quantitative estimate of drug-likeness (QED) is 0.237. The van der Waals surface area contributed by atoms with Gasteiger partial charge in [-0.25, -0.2) is 17.1 Å². The van der Waals surface area contributed by atoms with Gasteiger partial charge in [0.15, 0.2) is 5.96 Å². The Labute approximate surface area is 191 Å². The molecule has 1 aromatic carbocycles. The summed E-state index contributed by atoms with van der Waals surface area (Å²) in [5.41, 5.74) is 1.03. The fraction of sp³-hybridized carbons (Fsp3) is 0.632. The average molecular weight is 541 g/mol. The molecule has 2 rings (SSSR count). The first-order valence-corrected chi connectivity index (χ1v) is 11.5. The summed E-state index contributed by atoms with van der Waals surface area (Å²) in [4.78, 5) is 9.13. The zero-order valence-electron chi connectivity index (χ0n) is 17.5. The molecular formula is C19H33FIN5O2S. The van der Waals surface area contributed by atoms with Crippen molar-refractivity contribution in [1.29, 1.82) is 0 Å². The molecule has 1 aliphatic rings. The minimum atomic E-state index is -3.14. The second-order valence-corrected chi connectivity index (χ2v) is 9.13. The van der Waals surface area contributed by atoms with Crippen molar-refractivity contribution in [3.8, 4) is 0 Å². The lowest BCUT2D eigenvalue weighted by atomic mass is 10.2. The predicted octanol–water partition coefficient (Wildman–Crippen LogP) is 2.20. The highest BCUT2D eigenvalue weighted by Crippen LogP contribution is 2.17. The van der Waals surface area contributed by atoms with E-state index in [1.165, 1.54) is 16.4 Å². The number of hydrogen-bond donors (Lipinski definition) is 1. The molecule has 0 bridgehead atoms. The van der Waals surface area contributed by atoms with Gasteiger partial charge in [0.1, 0.15) is 5.82 Å². The van der Waals surface area contributed by atoms with Crippen molar-refractivity contribution in [3.05, 3.63) is 30.1 Å². The summed E-state index contributed by atoms with van der Waals surface area (Å²) in [5.74, 6) is 0.761. The zero-order valence-corrected chi connectivity index (χ0v) is 20.6. The third-order valence-corrected chi connectivity index (χ3v) is 6.70. The molecule has 0 unspecified atom stereocenters. The Morgan fingerprint density at radius 2 is 1.79 bits per heavy atom. The fourth-order valence-electron chi connectivity index (χ4n) is 3.09. The molecule has 10 heteroatoms. The number of sulfonamides is 1. The third kappa shape index (κ3) is 7.89. The van der Waals surface area contributed by atoms with Crippen LogP contribution in [0.25, 0.3) is 0 Å². The van der Waals surface area contributed by atoms with Gasteiger partial charge in [0.25, 0.3) is 0 Å². The summed E-state index contributed by atoms with van der Waals surface area (Å²) in [6.45, 7) is 8.84. The van der Waals surface area contributed by atoms with Crippen LogP contribution in [0.15, 0.2) is 29.3 Å². The van der Waals surface area contributed by atoms with E-state index < -0.39 is 10.0 Å². The second-order valence-electron chi connectivity index (χ2n) is 6.76. The van der Waals surface area contributed by atoms with Crippen LogP contribution in [-0.4, -0.2) is 82.2 Å². The van der Waals surface area contributed by atoms with E-state index in [0.717, 1.165) is 44.4 Å². The number of guanidine groups is 1. The van der Waals surface area contributed by atoms with Crippen molar-refractivity contribution in [3.63, 3.8) is 0 Å². The van der Waals surface area contributed by atoms with Gasteiger partial charge in [0.2, 0.25) is 10.0 Å². The Bertz CT molecular complexity index is 737. The Hall–Kier alpha value is -1.14. The summed E-state index contributed by atoms with van der Waals surface area (Å²) in [7, 11) is -1.52. The summed E-state index contributed by atoms with van der Waals surface area (Å²) in [5, 5.41) is 3.32. The lowest BCUT2D eigenvalue weighted by Gasteiger charge is -2.37. The highest BCUT2D eigenvalue weighted by atomic mass is 127. The smallest absolute Gasteiger partial charge is 0.213 e. The van der Waals surface area contributed by atoms with E-state index in [1.54, 1.807) is 14.0 Å². The maximum absolute atomic E-state index is 13.1. The van der Waals surface area contributed by atoms with Gasteiger partial charge in [-0.2, -0.15) is 0 Å². The number of nitrogens with zero attached hydrogens (tertiary/aromatic N) is 4. The number of benzene rings is 1. The lowest BCUT2D eigenvalue weighted by molar-refractivity contribution is 0.372. The van der Waals surface area contributed by atoms with E-state index >= 15 is 0 Å². The van der Waals surface area contributed by atoms with Gasteiger partial charge in [-0.3, -0.25) is 4.99 Å². The maximum atomic E-state index is 13.1. The van der Waals surface area contributed by atoms with Crippen LogP contribution >= 0.6 is 24.0 Å². The van der Waals surface area contributed by atoms with Crippen LogP contribution in [0.5, 0.6) is 0 Å². The number of aliphatic imine (C=N–C) groups is 1. The maximum Gasteiger partial charge on any atom is 0.213 e. The predicted molar refractivity (Wildman–Crippen MR) is 128 cm³/mol. The van der Waals surface area contributed by atoms with Gasteiger partial charge < -0.3 is 15.1 Å². The van der Waals surface area contributed by atoms with Gasteiger partial charge >= 0.3 is 0 Å². The highest BCUT2D eigenvalue weighted by Gasteiger charge is 2.20. The SMILES string of the molecule is CCNC(=NCCCN(C)S(=O)(=O)CC)N1CCN(c2ccc(F)cc2)CC1.I. The minimum absolute atomic E-state index is 0. The largest absolute Gasteiger partial charge is 0.368 e. The first-order valence-electron chi connectivity index (χ1n) is 9.85. The van der Waals surface area contributed by atoms with Crippen LogP contribution in [0.4, 0.5) is 10.1 Å². The molecule has 0 aromatic heterocycles. The van der Waals surface area contributed by atoms with Gasteiger partial charge in [0, 0.05) is 58.5 Å². The summed E-state index contributed by atoms with van der Waals surface area (Å²) in [6.07, 6.45) is 0.681. The van der Waals surface area contributed by atoms with Gasteiger partial charge in [0.05, 0.1) is 5.75 Å². The molecule has 29 heavy (non-hydrogen) atoms. The molecule has 1 heterocycles. The highest BCUT2D eigenvalue weighted by molar-refractivity contribution is 14.0. The number of rotatable bonds is 8. The van der Waals surface area contributed by atoms with E-state index in [9.17, 15) is 12.8 Å². The molecular weight excluding hydrogens is 508 g/mol. The van der Waals surface area contributed by atoms with Crippen molar-refractivity contribution in [2.24, 2.45) is 4.99 Å². The standard InChI is InChI=1S/C19H32FN5O2S.HI/c1-4-21-19(22-11-6-12-23(3)28(26,27)5-2)25-15-13-24(14-16-25)18-9-7-17(20)8-10-18;/h7-10H,4-6,11-16H2,1-3H3,(H,21,22);1H. The minimum Gasteiger partial charge on any atom is -0.368 e. The molecule has 0 spiro atoms. The van der Waals surface area contributed by atoms with Gasteiger partial charge in [-0.05, 0) is 44.5 Å². The normalized spacial score (nSPS) is 15.4. The molecule has 0 atom stereocenters. The first-order chi connectivity index (χ1) is 13.4. The molecule has 0 amide bonds. The van der Waals surface area contributed by atoms with Crippen molar-refractivity contribution in [1.82, 2.24) is 14.5 Å². The summed E-state index contributed by atoms with van der Waals surface area (Å²) >= 11 is 0. The Morgan fingerprint density at radius 3 is 2.34 bits per heavy atom. The van der Waals surface area contributed by atoms with Crippen molar-refractivity contribution >= 4 is 45.6 Å². The summed E-state index contributed by atoms with van der Waals surface area (Å²) in [6, 6.07) is 6.60. The molecule has 7 nitrogen and oxygen atoms in total. The Balaban J connectivity index is 0.00000420. The molecule has 0 radical (unpaired) electrons. The van der Waals surface area contributed by atoms with Crippen LogP contribution in [-0.2, 0) is 10.0 Å². The van der Waals surface area contributed by atoms with Crippen molar-refractivity contribution in [2.45, 2.75) is 20.3 Å². The molecule has 1 aromatic rings. The number of halogens is 2. The number of nitrogens with one attached hydrogen (secondary N) is 1. The van der Waals surface area contributed by atoms with Crippen molar-refractivity contribution in [2.75, 3.05) is 63.5 Å². The molecule has 1 fully saturated rings. The van der Waals surface area contributed by atoms with Gasteiger partial charge in [-0.1, -0.05) is 0 Å². The van der Waals surface area contributed by atoms with Crippen molar-refractivity contribution < 1.29 is 12.8 Å². The van der Waals surface area contributed by atoms with Crippen LogP contribution in [0.3, 0.4) is 0 Å². The third-order valence-electron chi connectivity index (χ3n) is 4.84. The van der Waals surface area contributed by atoms with Crippen LogP contribution in [0.1, 0.15) is 20.3 Å². The molecule has 1 saturated heterocycles. The monoisotopic (exact) mass is 541 g/mol. The lowest BCUT2D eigenvalue weighted by Crippen LogP contribution is -2.52. The van der Waals surface area contributed by atoms with Gasteiger partial charge in [-0.15, -0.1) is 24.0 Å². The van der Waals surface area contributed by atoms with Crippen LogP contribution in [0, 0.1) is 5.82 Å².